The van der Waals surface area contributed by atoms with E-state index < -0.39 is 105 Å². The second-order valence-corrected chi connectivity index (χ2v) is 10.9. The van der Waals surface area contributed by atoms with Crippen molar-refractivity contribution in [3.63, 3.8) is 0 Å². The first kappa shape index (κ1) is 32.6. The van der Waals surface area contributed by atoms with Gasteiger partial charge in [-0.1, -0.05) is 0 Å². The Morgan fingerprint density at radius 3 is 2.30 bits per heavy atom. The summed E-state index contributed by atoms with van der Waals surface area (Å²) in [7, 11) is -5.16. The van der Waals surface area contributed by atoms with Gasteiger partial charge in [0.2, 0.25) is 0 Å². The molecule has 2 aromatic rings. The molecular formula is C21H28N5O16P. The van der Waals surface area contributed by atoms with E-state index in [9.17, 15) is 53.9 Å². The van der Waals surface area contributed by atoms with E-state index in [-0.39, 0.29) is 12.1 Å². The predicted molar refractivity (Wildman–Crippen MR) is 136 cm³/mol. The molecule has 0 aliphatic carbocycles. The quantitative estimate of drug-likeness (QED) is 0.0981. The number of hydrogen-bond acceptors (Lipinski definition) is 15. The zero-order valence-corrected chi connectivity index (χ0v) is 22.7. The Labute approximate surface area is 238 Å². The molecule has 2 aliphatic rings. The number of phosphoric acid groups is 1. The molecule has 238 valence electrons. The molecule has 43 heavy (non-hydrogen) atoms. The lowest BCUT2D eigenvalue weighted by molar-refractivity contribution is -0.136. The van der Waals surface area contributed by atoms with Gasteiger partial charge in [-0.3, -0.25) is 42.5 Å². The molecule has 21 nitrogen and oxygen atoms in total. The molecule has 2 saturated heterocycles. The second-order valence-electron chi connectivity index (χ2n) is 9.45. The third-order valence-electron chi connectivity index (χ3n) is 6.52. The van der Waals surface area contributed by atoms with E-state index >= 15 is 0 Å². The Balaban J connectivity index is 1.44. The van der Waals surface area contributed by atoms with Crippen LogP contribution >= 0.6 is 7.82 Å². The van der Waals surface area contributed by atoms with Gasteiger partial charge in [0.15, 0.2) is 12.5 Å². The monoisotopic (exact) mass is 637 g/mol. The van der Waals surface area contributed by atoms with Crippen LogP contribution in [0.5, 0.6) is 0 Å². The number of carbonyl (C=O) groups is 1. The number of carboxylic acids is 1. The van der Waals surface area contributed by atoms with Crippen molar-refractivity contribution in [2.45, 2.75) is 55.6 Å². The van der Waals surface area contributed by atoms with E-state index in [0.717, 1.165) is 23.0 Å². The number of aliphatic hydroxyl groups excluding tert-OH is 4. The first-order chi connectivity index (χ1) is 20.2. The van der Waals surface area contributed by atoms with Crippen molar-refractivity contribution in [2.24, 2.45) is 0 Å². The number of aliphatic hydroxyl groups is 4. The van der Waals surface area contributed by atoms with E-state index in [1.807, 2.05) is 9.97 Å². The number of aliphatic carboxylic acids is 1. The molecular weight excluding hydrogens is 609 g/mol. The minimum absolute atomic E-state index is 0.127. The molecule has 0 spiro atoms. The predicted octanol–water partition coefficient (Wildman–Crippen LogP) is -5.37. The third kappa shape index (κ3) is 7.25. The summed E-state index contributed by atoms with van der Waals surface area (Å²) >= 11 is 0. The van der Waals surface area contributed by atoms with Crippen LogP contribution in [0.15, 0.2) is 37.6 Å². The summed E-state index contributed by atoms with van der Waals surface area (Å²) in [4.78, 5) is 72.8. The Bertz CT molecular complexity index is 1600. The van der Waals surface area contributed by atoms with Gasteiger partial charge in [-0.05, 0) is 0 Å². The Morgan fingerprint density at radius 1 is 1.00 bits per heavy atom. The van der Waals surface area contributed by atoms with Gasteiger partial charge < -0.3 is 45.2 Å². The summed E-state index contributed by atoms with van der Waals surface area (Å²) < 4.78 is 34.9. The second kappa shape index (κ2) is 13.1. The number of ether oxygens (including phenoxy) is 2. The van der Waals surface area contributed by atoms with Crippen LogP contribution in [0.2, 0.25) is 0 Å². The summed E-state index contributed by atoms with van der Waals surface area (Å²) in [5.74, 6) is -1.21. The van der Waals surface area contributed by atoms with E-state index in [1.165, 1.54) is 0 Å². The lowest BCUT2D eigenvalue weighted by atomic mass is 10.1. The fraction of sp³-hybridized carbons (Fsp3) is 0.571. The highest BCUT2D eigenvalue weighted by molar-refractivity contribution is 7.47. The van der Waals surface area contributed by atoms with Crippen molar-refractivity contribution in [2.75, 3.05) is 19.8 Å². The first-order valence-corrected chi connectivity index (χ1v) is 13.9. The molecule has 9 N–H and O–H groups in total. The van der Waals surface area contributed by atoms with Crippen LogP contribution < -0.4 is 27.8 Å². The van der Waals surface area contributed by atoms with E-state index in [0.29, 0.717) is 4.57 Å². The maximum absolute atomic E-state index is 12.7. The third-order valence-corrected chi connectivity index (χ3v) is 7.50. The molecule has 2 aliphatic heterocycles. The molecule has 9 atom stereocenters. The Kier molecular flexibility index (Phi) is 9.93. The zero-order valence-electron chi connectivity index (χ0n) is 21.8. The zero-order chi connectivity index (χ0) is 31.6. The molecule has 0 radical (unpaired) electrons. The van der Waals surface area contributed by atoms with Crippen LogP contribution in [0.1, 0.15) is 18.0 Å². The minimum atomic E-state index is -5.16. The molecule has 22 heteroatoms. The van der Waals surface area contributed by atoms with Gasteiger partial charge in [0.05, 0.1) is 19.8 Å². The van der Waals surface area contributed by atoms with Gasteiger partial charge in [-0.25, -0.2) is 14.2 Å². The van der Waals surface area contributed by atoms with Gasteiger partial charge in [-0.2, -0.15) is 0 Å². The summed E-state index contributed by atoms with van der Waals surface area (Å²) in [6.45, 7) is -2.57. The Hall–Kier alpha value is -3.34. The van der Waals surface area contributed by atoms with E-state index in [1.54, 1.807) is 0 Å². The number of carboxylic acid groups (broad SMARTS) is 1. The van der Waals surface area contributed by atoms with Crippen LogP contribution in [0.4, 0.5) is 0 Å². The van der Waals surface area contributed by atoms with Crippen LogP contribution in [0.25, 0.3) is 0 Å². The summed E-state index contributed by atoms with van der Waals surface area (Å²) in [5, 5.41) is 52.3. The SMILES string of the molecule is O=C(O)CNCc1cn([C@@H]2O[C@H](CO)[C@@H](OP(=O)(O)OC[C@H]3O[C@@H](n4ccc(=O)[nH]c4=O)[C@H](O)[C@@H]3O)[C@H]2O)c(=O)[nH]c1=O. The van der Waals surface area contributed by atoms with Crippen molar-refractivity contribution in [1.82, 2.24) is 24.4 Å². The van der Waals surface area contributed by atoms with Crippen molar-refractivity contribution in [3.05, 3.63) is 65.7 Å². The average Bonchev–Trinajstić information content (AvgIpc) is 3.38. The largest absolute Gasteiger partial charge is 0.480 e. The molecule has 4 rings (SSSR count). The van der Waals surface area contributed by atoms with Crippen molar-refractivity contribution in [1.29, 1.82) is 0 Å². The summed E-state index contributed by atoms with van der Waals surface area (Å²) in [6.07, 6.45) is -11.3. The van der Waals surface area contributed by atoms with Gasteiger partial charge in [0.1, 0.15) is 36.6 Å². The first-order valence-electron chi connectivity index (χ1n) is 12.4. The number of nitrogens with zero attached hydrogens (tertiary/aromatic N) is 2. The van der Waals surface area contributed by atoms with Gasteiger partial charge in [0, 0.05) is 30.6 Å². The lowest BCUT2D eigenvalue weighted by Crippen LogP contribution is -2.40. The highest BCUT2D eigenvalue weighted by Crippen LogP contribution is 2.49. The topological polar surface area (TPSA) is 314 Å². The molecule has 2 fully saturated rings. The average molecular weight is 637 g/mol. The molecule has 1 unspecified atom stereocenters. The van der Waals surface area contributed by atoms with Gasteiger partial charge in [-0.15, -0.1) is 0 Å². The standard InChI is InChI=1S/C21H28N5O16P/c27-6-9-16(15(33)19(40-9)26-5-8(3-22-4-12(29)30)17(34)24-21(26)36)42-43(37,38)39-7-10-13(31)14(32)18(41-10)25-2-1-11(28)23-20(25)35/h1-2,5,9-10,13-16,18-19,22,27,31-33H,3-4,6-7H2,(H,29,30)(H,37,38)(H,23,28,35)(H,24,34,36)/t9-,10-,13-,14-,15-,16-,18-,19-/m1/s1. The van der Waals surface area contributed by atoms with Crippen molar-refractivity contribution >= 4 is 13.8 Å². The van der Waals surface area contributed by atoms with Crippen LogP contribution in [0, 0.1) is 0 Å². The van der Waals surface area contributed by atoms with Crippen molar-refractivity contribution in [3.8, 4) is 0 Å². The normalized spacial score (nSPS) is 30.3. The summed E-state index contributed by atoms with van der Waals surface area (Å²) in [5.41, 5.74) is -3.75. The van der Waals surface area contributed by atoms with Crippen LogP contribution in [-0.2, 0) is 34.4 Å². The van der Waals surface area contributed by atoms with E-state index in [2.05, 4.69) is 5.32 Å². The molecule has 0 amide bonds. The highest BCUT2D eigenvalue weighted by Gasteiger charge is 2.50. The lowest BCUT2D eigenvalue weighted by Gasteiger charge is -2.23. The van der Waals surface area contributed by atoms with Gasteiger partial charge >= 0.3 is 25.2 Å². The van der Waals surface area contributed by atoms with E-state index in [4.69, 9.17) is 23.6 Å². The molecule has 4 heterocycles. The smallest absolute Gasteiger partial charge is 0.472 e. The number of H-pyrrole nitrogens is 2. The number of nitrogens with one attached hydrogen (secondary N) is 3. The van der Waals surface area contributed by atoms with Crippen LogP contribution in [0.3, 0.4) is 0 Å². The number of aromatic amines is 2. The fourth-order valence-corrected chi connectivity index (χ4v) is 5.41. The number of hydrogen-bond donors (Lipinski definition) is 9. The van der Waals surface area contributed by atoms with Crippen LogP contribution in [-0.4, -0.2) is 112 Å². The highest BCUT2D eigenvalue weighted by atomic mass is 31.2. The fourth-order valence-electron chi connectivity index (χ4n) is 4.45. The number of phosphoric ester groups is 1. The molecule has 0 aromatic carbocycles. The molecule has 0 bridgehead atoms. The maximum atomic E-state index is 12.7. The number of rotatable bonds is 12. The molecule has 0 saturated carbocycles. The number of aromatic nitrogens is 4. The maximum Gasteiger partial charge on any atom is 0.472 e. The van der Waals surface area contributed by atoms with Gasteiger partial charge in [0.25, 0.3) is 11.1 Å². The Morgan fingerprint density at radius 2 is 1.65 bits per heavy atom. The van der Waals surface area contributed by atoms with Crippen molar-refractivity contribution < 1.29 is 58.3 Å². The summed E-state index contributed by atoms with van der Waals surface area (Å²) in [6, 6.07) is 0.960. The minimum Gasteiger partial charge on any atom is -0.480 e. The molecule has 2 aromatic heterocycles.